The molecule has 0 aromatic rings. The van der Waals surface area contributed by atoms with Gasteiger partial charge in [0.05, 0.1) is 13.2 Å². The number of halogens is 2. The molecule has 0 aliphatic carbocycles. The first-order valence-corrected chi connectivity index (χ1v) is 3.98. The minimum Gasteiger partial charge on any atom is -0.379 e. The summed E-state index contributed by atoms with van der Waals surface area (Å²) in [5.74, 6) is -0.565. The zero-order chi connectivity index (χ0) is 9.90. The smallest absolute Gasteiger partial charge is 0.255 e. The fourth-order valence-corrected chi connectivity index (χ4v) is 1.11. The molecule has 1 saturated heterocycles. The van der Waals surface area contributed by atoms with E-state index in [0.717, 1.165) is 0 Å². The molecule has 1 heterocycles. The van der Waals surface area contributed by atoms with E-state index >= 15 is 0 Å². The van der Waals surface area contributed by atoms with Crippen LogP contribution in [-0.2, 0) is 9.53 Å². The lowest BCUT2D eigenvalue weighted by molar-refractivity contribution is -0.127. The monoisotopic (exact) mass is 194 g/mol. The van der Waals surface area contributed by atoms with Crippen LogP contribution in [0.5, 0.6) is 0 Å². The molecule has 13 heavy (non-hydrogen) atoms. The van der Waals surface area contributed by atoms with Crippen LogP contribution in [-0.4, -0.2) is 37.6 Å². The Morgan fingerprint density at radius 3 is 2.85 bits per heavy atom. The molecule has 1 aliphatic rings. The van der Waals surface area contributed by atoms with Crippen molar-refractivity contribution >= 4 is 5.91 Å². The zero-order valence-corrected chi connectivity index (χ0v) is 7.06. The van der Waals surface area contributed by atoms with E-state index in [1.807, 2.05) is 0 Å². The van der Waals surface area contributed by atoms with Crippen molar-refractivity contribution in [1.82, 2.24) is 5.32 Å². The van der Waals surface area contributed by atoms with Gasteiger partial charge in [-0.25, -0.2) is 8.78 Å². The first-order chi connectivity index (χ1) is 6.04. The Kier molecular flexibility index (Phi) is 3.16. The van der Waals surface area contributed by atoms with Gasteiger partial charge in [-0.15, -0.1) is 0 Å². The number of alkyl halides is 2. The molecule has 3 N–H and O–H groups in total. The molecular formula is C7H12F2N2O2. The van der Waals surface area contributed by atoms with Crippen molar-refractivity contribution in [1.29, 1.82) is 0 Å². The first kappa shape index (κ1) is 10.3. The van der Waals surface area contributed by atoms with E-state index in [-0.39, 0.29) is 6.61 Å². The van der Waals surface area contributed by atoms with E-state index < -0.39 is 24.4 Å². The predicted molar refractivity (Wildman–Crippen MR) is 41.4 cm³/mol. The van der Waals surface area contributed by atoms with Gasteiger partial charge in [-0.3, -0.25) is 4.79 Å². The van der Waals surface area contributed by atoms with Gasteiger partial charge in [0.25, 0.3) is 6.43 Å². The molecule has 0 aromatic carbocycles. The maximum absolute atomic E-state index is 11.7. The van der Waals surface area contributed by atoms with E-state index in [2.05, 4.69) is 5.32 Å². The fourth-order valence-electron chi connectivity index (χ4n) is 1.11. The number of ether oxygens (including phenoxy) is 1. The van der Waals surface area contributed by atoms with Crippen molar-refractivity contribution < 1.29 is 18.3 Å². The number of hydrogen-bond donors (Lipinski definition) is 2. The van der Waals surface area contributed by atoms with Gasteiger partial charge >= 0.3 is 0 Å². The van der Waals surface area contributed by atoms with E-state index in [0.29, 0.717) is 13.0 Å². The van der Waals surface area contributed by atoms with Crippen molar-refractivity contribution in [2.75, 3.05) is 19.8 Å². The molecule has 4 nitrogen and oxygen atoms in total. The highest BCUT2D eigenvalue weighted by Crippen LogP contribution is 2.15. The zero-order valence-electron chi connectivity index (χ0n) is 7.06. The van der Waals surface area contributed by atoms with E-state index in [1.54, 1.807) is 0 Å². The van der Waals surface area contributed by atoms with Gasteiger partial charge in [0.1, 0.15) is 5.54 Å². The summed E-state index contributed by atoms with van der Waals surface area (Å²) in [6.45, 7) is -0.154. The van der Waals surface area contributed by atoms with Crippen LogP contribution in [0.2, 0.25) is 0 Å². The first-order valence-electron chi connectivity index (χ1n) is 3.98. The normalized spacial score (nSPS) is 28.0. The van der Waals surface area contributed by atoms with Gasteiger partial charge in [-0.1, -0.05) is 0 Å². The number of hydrogen-bond acceptors (Lipinski definition) is 3. The van der Waals surface area contributed by atoms with Crippen LogP contribution in [0.15, 0.2) is 0 Å². The summed E-state index contributed by atoms with van der Waals surface area (Å²) in [6, 6.07) is 0. The van der Waals surface area contributed by atoms with Gasteiger partial charge in [0.2, 0.25) is 5.91 Å². The maximum Gasteiger partial charge on any atom is 0.255 e. The largest absolute Gasteiger partial charge is 0.379 e. The molecule has 0 radical (unpaired) electrons. The van der Waals surface area contributed by atoms with Gasteiger partial charge in [-0.2, -0.15) is 0 Å². The summed E-state index contributed by atoms with van der Waals surface area (Å²) in [5, 5.41) is 2.07. The molecule has 1 rings (SSSR count). The Morgan fingerprint density at radius 2 is 2.38 bits per heavy atom. The average Bonchev–Trinajstić information content (AvgIpc) is 2.49. The fraction of sp³-hybridized carbons (Fsp3) is 0.857. The number of nitrogens with two attached hydrogens (primary N) is 1. The highest BCUT2D eigenvalue weighted by molar-refractivity contribution is 5.86. The summed E-state index contributed by atoms with van der Waals surface area (Å²) in [6.07, 6.45) is -2.17. The van der Waals surface area contributed by atoms with E-state index in [1.165, 1.54) is 0 Å². The molecule has 0 spiro atoms. The number of nitrogens with one attached hydrogen (secondary N) is 1. The maximum atomic E-state index is 11.7. The van der Waals surface area contributed by atoms with Gasteiger partial charge in [-0.05, 0) is 6.42 Å². The summed E-state index contributed by atoms with van der Waals surface area (Å²) in [7, 11) is 0. The summed E-state index contributed by atoms with van der Waals surface area (Å²) in [4.78, 5) is 11.2. The minimum absolute atomic E-state index is 0.0993. The van der Waals surface area contributed by atoms with Crippen molar-refractivity contribution in [3.05, 3.63) is 0 Å². The second-order valence-electron chi connectivity index (χ2n) is 3.06. The quantitative estimate of drug-likeness (QED) is 0.635. The third kappa shape index (κ3) is 2.60. The standard InChI is InChI=1S/C7H12F2N2O2/c8-5(9)3-11-6(12)7(10)1-2-13-4-7/h5H,1-4,10H2,(H,11,12). The van der Waals surface area contributed by atoms with Crippen molar-refractivity contribution in [3.63, 3.8) is 0 Å². The Labute approximate surface area is 74.4 Å². The predicted octanol–water partition coefficient (Wildman–Crippen LogP) is -0.515. The molecule has 0 bridgehead atoms. The Morgan fingerprint density at radius 1 is 1.69 bits per heavy atom. The molecular weight excluding hydrogens is 182 g/mol. The van der Waals surface area contributed by atoms with Crippen LogP contribution in [0.4, 0.5) is 8.78 Å². The van der Waals surface area contributed by atoms with Crippen LogP contribution in [0, 0.1) is 0 Å². The third-order valence-electron chi connectivity index (χ3n) is 1.92. The Hall–Kier alpha value is -0.750. The average molecular weight is 194 g/mol. The number of amides is 1. The summed E-state index contributed by atoms with van der Waals surface area (Å²) < 4.78 is 28.4. The number of carbonyl (C=O) groups excluding carboxylic acids is 1. The molecule has 1 aliphatic heterocycles. The summed E-state index contributed by atoms with van der Waals surface area (Å²) in [5.41, 5.74) is 4.49. The van der Waals surface area contributed by atoms with Gasteiger partial charge < -0.3 is 15.8 Å². The van der Waals surface area contributed by atoms with Crippen LogP contribution >= 0.6 is 0 Å². The lowest BCUT2D eigenvalue weighted by Gasteiger charge is -2.20. The Balaban J connectivity index is 2.38. The van der Waals surface area contributed by atoms with E-state index in [9.17, 15) is 13.6 Å². The lowest BCUT2D eigenvalue weighted by Crippen LogP contribution is -2.55. The van der Waals surface area contributed by atoms with Crippen LogP contribution in [0.3, 0.4) is 0 Å². The lowest BCUT2D eigenvalue weighted by atomic mass is 9.99. The molecule has 0 saturated carbocycles. The second kappa shape index (κ2) is 3.97. The van der Waals surface area contributed by atoms with Crippen LogP contribution in [0.1, 0.15) is 6.42 Å². The van der Waals surface area contributed by atoms with Crippen molar-refractivity contribution in [2.45, 2.75) is 18.4 Å². The van der Waals surface area contributed by atoms with Crippen molar-refractivity contribution in [3.8, 4) is 0 Å². The molecule has 1 atom stereocenters. The number of rotatable bonds is 3. The minimum atomic E-state index is -2.55. The molecule has 6 heteroatoms. The second-order valence-corrected chi connectivity index (χ2v) is 3.06. The van der Waals surface area contributed by atoms with Crippen molar-refractivity contribution in [2.24, 2.45) is 5.73 Å². The molecule has 1 unspecified atom stereocenters. The highest BCUT2D eigenvalue weighted by atomic mass is 19.3. The molecule has 76 valence electrons. The molecule has 0 aromatic heterocycles. The molecule has 1 fully saturated rings. The van der Waals surface area contributed by atoms with Gasteiger partial charge in [0.15, 0.2) is 0 Å². The van der Waals surface area contributed by atoms with E-state index in [4.69, 9.17) is 10.5 Å². The number of carbonyl (C=O) groups is 1. The SMILES string of the molecule is NC1(C(=O)NCC(F)F)CCOC1. The third-order valence-corrected chi connectivity index (χ3v) is 1.92. The molecule has 1 amide bonds. The van der Waals surface area contributed by atoms with Gasteiger partial charge in [0, 0.05) is 6.61 Å². The summed E-state index contributed by atoms with van der Waals surface area (Å²) >= 11 is 0. The Bertz CT molecular complexity index is 193. The van der Waals surface area contributed by atoms with Crippen LogP contribution in [0.25, 0.3) is 0 Å². The van der Waals surface area contributed by atoms with Crippen LogP contribution < -0.4 is 11.1 Å². The topological polar surface area (TPSA) is 64.4 Å². The highest BCUT2D eigenvalue weighted by Gasteiger charge is 2.38.